The monoisotopic (exact) mass is 312 g/mol. The van der Waals surface area contributed by atoms with Crippen molar-refractivity contribution < 1.29 is 14.7 Å². The number of nitrogens with zero attached hydrogens (tertiary/aromatic N) is 1. The van der Waals surface area contributed by atoms with Crippen LogP contribution in [0.2, 0.25) is 5.02 Å². The summed E-state index contributed by atoms with van der Waals surface area (Å²) in [4.78, 5) is 24.9. The third kappa shape index (κ3) is 4.11. The Hall–Kier alpha value is -1.75. The maximum Gasteiger partial charge on any atom is 0.329 e. The first kappa shape index (κ1) is 17.3. The van der Waals surface area contributed by atoms with E-state index in [0.29, 0.717) is 11.4 Å². The number of amides is 2. The number of benzene rings is 1. The van der Waals surface area contributed by atoms with Gasteiger partial charge in [0.05, 0.1) is 6.04 Å². The lowest BCUT2D eigenvalue weighted by Crippen LogP contribution is -2.55. The summed E-state index contributed by atoms with van der Waals surface area (Å²) in [5.41, 5.74) is -0.351. The number of nitrogens with one attached hydrogen (secondary N) is 1. The van der Waals surface area contributed by atoms with Crippen LogP contribution in [0.15, 0.2) is 24.3 Å². The molecule has 0 fully saturated rings. The van der Waals surface area contributed by atoms with E-state index in [2.05, 4.69) is 5.32 Å². The fourth-order valence-corrected chi connectivity index (χ4v) is 1.88. The lowest BCUT2D eigenvalue weighted by atomic mass is 9.99. The largest absolute Gasteiger partial charge is 0.480 e. The van der Waals surface area contributed by atoms with Crippen LogP contribution in [0.3, 0.4) is 0 Å². The van der Waals surface area contributed by atoms with Crippen molar-refractivity contribution in [3.05, 3.63) is 34.9 Å². The van der Waals surface area contributed by atoms with Crippen molar-refractivity contribution in [2.45, 2.75) is 38.8 Å². The van der Waals surface area contributed by atoms with Gasteiger partial charge in [0.2, 0.25) is 0 Å². The van der Waals surface area contributed by atoms with E-state index in [0.717, 1.165) is 5.56 Å². The van der Waals surface area contributed by atoms with Gasteiger partial charge in [0, 0.05) is 12.1 Å². The van der Waals surface area contributed by atoms with Crippen LogP contribution in [-0.4, -0.2) is 34.6 Å². The van der Waals surface area contributed by atoms with Gasteiger partial charge in [0.1, 0.15) is 5.54 Å². The average molecular weight is 313 g/mol. The van der Waals surface area contributed by atoms with E-state index in [1.807, 2.05) is 19.1 Å². The fourth-order valence-electron chi connectivity index (χ4n) is 1.76. The van der Waals surface area contributed by atoms with Crippen molar-refractivity contribution in [3.63, 3.8) is 0 Å². The molecule has 21 heavy (non-hydrogen) atoms. The van der Waals surface area contributed by atoms with Crippen molar-refractivity contribution >= 4 is 23.6 Å². The van der Waals surface area contributed by atoms with Crippen LogP contribution in [0, 0.1) is 0 Å². The number of carboxylic acid groups (broad SMARTS) is 1. The van der Waals surface area contributed by atoms with E-state index in [4.69, 9.17) is 11.6 Å². The van der Waals surface area contributed by atoms with E-state index < -0.39 is 17.5 Å². The summed E-state index contributed by atoms with van der Waals surface area (Å²) in [6, 6.07) is 6.57. The van der Waals surface area contributed by atoms with E-state index in [1.165, 1.54) is 11.8 Å². The molecule has 0 saturated carbocycles. The number of carbonyl (C=O) groups excluding carboxylic acids is 1. The van der Waals surface area contributed by atoms with Gasteiger partial charge in [-0.25, -0.2) is 9.59 Å². The molecule has 1 aromatic rings. The smallest absolute Gasteiger partial charge is 0.329 e. The predicted octanol–water partition coefficient (Wildman–Crippen LogP) is 3.30. The minimum atomic E-state index is -1.27. The Morgan fingerprint density at radius 2 is 1.90 bits per heavy atom. The van der Waals surface area contributed by atoms with Crippen molar-refractivity contribution in [1.82, 2.24) is 10.2 Å². The van der Waals surface area contributed by atoms with Crippen molar-refractivity contribution in [3.8, 4) is 0 Å². The number of aliphatic carboxylic acids is 1. The molecule has 0 spiro atoms. The molecule has 5 nitrogen and oxygen atoms in total. The molecule has 0 aliphatic rings. The second kappa shape index (κ2) is 6.80. The molecule has 1 aromatic carbocycles. The maximum absolute atomic E-state index is 12.2. The Morgan fingerprint density at radius 3 is 2.33 bits per heavy atom. The molecule has 2 amide bonds. The molecule has 6 heteroatoms. The summed E-state index contributed by atoms with van der Waals surface area (Å²) in [6.45, 7) is 5.08. The number of halogens is 1. The Labute approximate surface area is 129 Å². The number of carboxylic acids is 1. The average Bonchev–Trinajstić information content (AvgIpc) is 2.46. The molecule has 116 valence electrons. The summed E-state index contributed by atoms with van der Waals surface area (Å²) in [7, 11) is 1.63. The van der Waals surface area contributed by atoms with Crippen LogP contribution in [0.5, 0.6) is 0 Å². The first-order valence-electron chi connectivity index (χ1n) is 6.75. The van der Waals surface area contributed by atoms with Crippen LogP contribution in [0.25, 0.3) is 0 Å². The molecular formula is C15H21ClN2O3. The van der Waals surface area contributed by atoms with Gasteiger partial charge in [-0.05, 0) is 38.0 Å². The highest BCUT2D eigenvalue weighted by Crippen LogP contribution is 2.21. The number of hydrogen-bond donors (Lipinski definition) is 2. The Balaban J connectivity index is 2.82. The second-order valence-corrected chi connectivity index (χ2v) is 5.70. The topological polar surface area (TPSA) is 69.6 Å². The molecule has 0 heterocycles. The quantitative estimate of drug-likeness (QED) is 0.876. The first-order chi connectivity index (χ1) is 9.71. The summed E-state index contributed by atoms with van der Waals surface area (Å²) < 4.78 is 0. The first-order valence-corrected chi connectivity index (χ1v) is 7.13. The van der Waals surface area contributed by atoms with Gasteiger partial charge >= 0.3 is 12.0 Å². The third-order valence-corrected chi connectivity index (χ3v) is 4.07. The SMILES string of the molecule is CCC(C)(NC(=O)N(C)C(C)c1ccc(Cl)cc1)C(=O)O. The Kier molecular flexibility index (Phi) is 5.61. The number of hydrogen-bond acceptors (Lipinski definition) is 2. The normalized spacial score (nSPS) is 14.9. The van der Waals surface area contributed by atoms with E-state index in [-0.39, 0.29) is 6.04 Å². The summed E-state index contributed by atoms with van der Waals surface area (Å²) in [5.74, 6) is -1.05. The minimum absolute atomic E-state index is 0.197. The summed E-state index contributed by atoms with van der Waals surface area (Å²) >= 11 is 5.84. The highest BCUT2D eigenvalue weighted by Gasteiger charge is 2.34. The van der Waals surface area contributed by atoms with Gasteiger partial charge in [-0.2, -0.15) is 0 Å². The van der Waals surface area contributed by atoms with Crippen LogP contribution >= 0.6 is 11.6 Å². The molecule has 0 bridgehead atoms. The van der Waals surface area contributed by atoms with E-state index in [1.54, 1.807) is 26.1 Å². The van der Waals surface area contributed by atoms with Gasteiger partial charge in [-0.15, -0.1) is 0 Å². The number of urea groups is 1. The van der Waals surface area contributed by atoms with Crippen LogP contribution in [-0.2, 0) is 4.79 Å². The van der Waals surface area contributed by atoms with E-state index in [9.17, 15) is 14.7 Å². The molecule has 0 aliphatic carbocycles. The molecule has 2 unspecified atom stereocenters. The molecule has 2 N–H and O–H groups in total. The maximum atomic E-state index is 12.2. The lowest BCUT2D eigenvalue weighted by molar-refractivity contribution is -0.143. The molecule has 0 saturated heterocycles. The van der Waals surface area contributed by atoms with Gasteiger partial charge in [0.15, 0.2) is 0 Å². The lowest BCUT2D eigenvalue weighted by Gasteiger charge is -2.31. The Morgan fingerprint density at radius 1 is 1.38 bits per heavy atom. The zero-order valence-corrected chi connectivity index (χ0v) is 13.4. The zero-order chi connectivity index (χ0) is 16.2. The molecule has 0 aromatic heterocycles. The van der Waals surface area contributed by atoms with Gasteiger partial charge in [0.25, 0.3) is 0 Å². The van der Waals surface area contributed by atoms with Gasteiger partial charge in [-0.3, -0.25) is 0 Å². The molecule has 0 aliphatic heterocycles. The van der Waals surface area contributed by atoms with Gasteiger partial charge < -0.3 is 15.3 Å². The molecule has 0 radical (unpaired) electrons. The third-order valence-electron chi connectivity index (χ3n) is 3.82. The highest BCUT2D eigenvalue weighted by molar-refractivity contribution is 6.30. The highest BCUT2D eigenvalue weighted by atomic mass is 35.5. The van der Waals surface area contributed by atoms with Crippen molar-refractivity contribution in [1.29, 1.82) is 0 Å². The van der Waals surface area contributed by atoms with E-state index >= 15 is 0 Å². The summed E-state index contributed by atoms with van der Waals surface area (Å²) in [6.07, 6.45) is 0.303. The van der Waals surface area contributed by atoms with Crippen LogP contribution in [0.1, 0.15) is 38.8 Å². The minimum Gasteiger partial charge on any atom is -0.480 e. The zero-order valence-electron chi connectivity index (χ0n) is 12.7. The molecular weight excluding hydrogens is 292 g/mol. The van der Waals surface area contributed by atoms with Crippen LogP contribution < -0.4 is 5.32 Å². The second-order valence-electron chi connectivity index (χ2n) is 5.26. The fraction of sp³-hybridized carbons (Fsp3) is 0.467. The van der Waals surface area contributed by atoms with Crippen molar-refractivity contribution in [2.75, 3.05) is 7.05 Å². The molecule has 1 rings (SSSR count). The number of carbonyl (C=O) groups is 2. The molecule has 2 atom stereocenters. The predicted molar refractivity (Wildman–Crippen MR) is 82.5 cm³/mol. The summed E-state index contributed by atoms with van der Waals surface area (Å²) in [5, 5.41) is 12.4. The Bertz CT molecular complexity index is 518. The standard InChI is InChI=1S/C15H21ClN2O3/c1-5-15(3,13(19)20)17-14(21)18(4)10(2)11-6-8-12(16)9-7-11/h6-10H,5H2,1-4H3,(H,17,21)(H,19,20). The van der Waals surface area contributed by atoms with Crippen molar-refractivity contribution in [2.24, 2.45) is 0 Å². The van der Waals surface area contributed by atoms with Crippen LogP contribution in [0.4, 0.5) is 4.79 Å². The number of rotatable bonds is 5. The van der Waals surface area contributed by atoms with Gasteiger partial charge in [-0.1, -0.05) is 30.7 Å².